The molecule has 1 aromatic heterocycles. The third-order valence-electron chi connectivity index (χ3n) is 6.06. The molecule has 2 aliphatic heterocycles. The number of nitrogens with zero attached hydrogens (tertiary/aromatic N) is 4. The van der Waals surface area contributed by atoms with Crippen LogP contribution in [0.2, 0.25) is 0 Å². The maximum Gasteiger partial charge on any atom is 0.328 e. The first-order valence-electron chi connectivity index (χ1n) is 11.4. The van der Waals surface area contributed by atoms with Gasteiger partial charge in [-0.05, 0) is 30.3 Å². The average Bonchev–Trinajstić information content (AvgIpc) is 3.41. The van der Waals surface area contributed by atoms with Crippen molar-refractivity contribution in [2.75, 3.05) is 44.2 Å². The Balaban J connectivity index is 0.000000349. The maximum atomic E-state index is 13.4. The van der Waals surface area contributed by atoms with Crippen molar-refractivity contribution in [1.82, 2.24) is 20.0 Å². The van der Waals surface area contributed by atoms with Crippen LogP contribution in [0.5, 0.6) is 0 Å². The summed E-state index contributed by atoms with van der Waals surface area (Å²) < 4.78 is 13.4. The number of aliphatic carboxylic acids is 2. The number of amides is 2. The van der Waals surface area contributed by atoms with E-state index >= 15 is 0 Å². The molecule has 37 heavy (non-hydrogen) atoms. The fourth-order valence-electron chi connectivity index (χ4n) is 4.22. The van der Waals surface area contributed by atoms with Crippen LogP contribution < -0.4 is 4.90 Å². The lowest BCUT2D eigenvalue weighted by Crippen LogP contribution is -2.49. The molecule has 2 aliphatic rings. The highest BCUT2D eigenvalue weighted by Crippen LogP contribution is 2.25. The van der Waals surface area contributed by atoms with E-state index in [0.29, 0.717) is 25.2 Å². The molecule has 12 heteroatoms. The molecule has 3 aromatic rings. The van der Waals surface area contributed by atoms with Crippen LogP contribution in [0.1, 0.15) is 20.7 Å². The summed E-state index contributed by atoms with van der Waals surface area (Å²) in [6.45, 7) is 4.19. The summed E-state index contributed by atoms with van der Waals surface area (Å²) in [5, 5.41) is 24.3. The van der Waals surface area contributed by atoms with Gasteiger partial charge in [0.15, 0.2) is 5.82 Å². The van der Waals surface area contributed by atoms with Crippen molar-refractivity contribution in [1.29, 1.82) is 0 Å². The highest BCUT2D eigenvalue weighted by Gasteiger charge is 2.35. The first kappa shape index (κ1) is 25.5. The number of H-pyrrole nitrogens is 1. The lowest BCUT2D eigenvalue weighted by Gasteiger charge is -2.35. The Kier molecular flexibility index (Phi) is 7.58. The number of fused-ring (bicyclic) bond motifs is 2. The number of aromatic nitrogens is 2. The van der Waals surface area contributed by atoms with Gasteiger partial charge in [-0.15, -0.1) is 0 Å². The van der Waals surface area contributed by atoms with Gasteiger partial charge in [-0.1, -0.05) is 12.1 Å². The molecular formula is C25H24FN5O6. The molecule has 0 saturated carbocycles. The van der Waals surface area contributed by atoms with Gasteiger partial charge in [0, 0.05) is 56.8 Å². The van der Waals surface area contributed by atoms with Crippen LogP contribution in [0, 0.1) is 5.82 Å². The Morgan fingerprint density at radius 2 is 1.57 bits per heavy atom. The number of carbonyl (C=O) groups is 4. The number of aromatic amines is 1. The van der Waals surface area contributed by atoms with Gasteiger partial charge in [0.05, 0.1) is 16.6 Å². The van der Waals surface area contributed by atoms with Crippen LogP contribution in [-0.4, -0.2) is 93.2 Å². The van der Waals surface area contributed by atoms with E-state index < -0.39 is 23.7 Å². The quantitative estimate of drug-likeness (QED) is 0.334. The van der Waals surface area contributed by atoms with Gasteiger partial charge in [-0.2, -0.15) is 5.10 Å². The second kappa shape index (κ2) is 11.0. The van der Waals surface area contributed by atoms with Crippen LogP contribution in [-0.2, 0) is 9.59 Å². The SMILES string of the molecule is O=C(O)/C=C\C(=O)O.O=C1c2ccc(F)cc2C(=O)N1CCN1CCN(c2n[nH]c3ccccc23)CC1. The standard InChI is InChI=1S/C21H20FN5O2.C4H4O4/c22-14-5-6-15-17(13-14)21(29)27(20(15)28)12-9-25-7-10-26(11-8-25)19-16-3-1-2-4-18(16)23-24-19;5-3(6)1-2-4(7)8/h1-6,13H,7-12H2,(H,23,24);1-2H,(H,5,6)(H,7,8)/b;2-1-. The second-order valence-electron chi connectivity index (χ2n) is 8.38. The molecule has 5 rings (SSSR count). The Hall–Kier alpha value is -4.58. The van der Waals surface area contributed by atoms with Gasteiger partial charge in [0.1, 0.15) is 5.82 Å². The summed E-state index contributed by atoms with van der Waals surface area (Å²) in [7, 11) is 0. The third-order valence-corrected chi connectivity index (χ3v) is 6.06. The number of nitrogens with one attached hydrogen (secondary N) is 1. The molecular weight excluding hydrogens is 485 g/mol. The summed E-state index contributed by atoms with van der Waals surface area (Å²) in [4.78, 5) is 49.7. The molecule has 1 fully saturated rings. The number of carboxylic acids is 2. The lowest BCUT2D eigenvalue weighted by molar-refractivity contribution is -0.134. The van der Waals surface area contributed by atoms with Gasteiger partial charge in [0.2, 0.25) is 0 Å². The number of hydrogen-bond acceptors (Lipinski definition) is 7. The highest BCUT2D eigenvalue weighted by molar-refractivity contribution is 6.21. The fourth-order valence-corrected chi connectivity index (χ4v) is 4.22. The molecule has 0 spiro atoms. The molecule has 2 amide bonds. The van der Waals surface area contributed by atoms with Crippen molar-refractivity contribution >= 4 is 40.5 Å². The number of benzene rings is 2. The minimum absolute atomic E-state index is 0.158. The zero-order valence-corrected chi connectivity index (χ0v) is 19.6. The third kappa shape index (κ3) is 5.81. The van der Waals surface area contributed by atoms with Crippen molar-refractivity contribution < 1.29 is 33.8 Å². The summed E-state index contributed by atoms with van der Waals surface area (Å²) in [5.41, 5.74) is 1.46. The second-order valence-corrected chi connectivity index (χ2v) is 8.38. The Morgan fingerprint density at radius 3 is 2.24 bits per heavy atom. The van der Waals surface area contributed by atoms with E-state index in [1.165, 1.54) is 17.0 Å². The molecule has 3 N–H and O–H groups in total. The zero-order chi connectivity index (χ0) is 26.5. The minimum Gasteiger partial charge on any atom is -0.478 e. The van der Waals surface area contributed by atoms with Crippen molar-refractivity contribution in [3.63, 3.8) is 0 Å². The van der Waals surface area contributed by atoms with Crippen LogP contribution >= 0.6 is 0 Å². The Labute approximate surface area is 210 Å². The van der Waals surface area contributed by atoms with Crippen LogP contribution in [0.25, 0.3) is 10.9 Å². The molecule has 0 unspecified atom stereocenters. The molecule has 1 saturated heterocycles. The Morgan fingerprint density at radius 1 is 0.919 bits per heavy atom. The molecule has 0 atom stereocenters. The number of hydrogen-bond donors (Lipinski definition) is 3. The van der Waals surface area contributed by atoms with Crippen molar-refractivity contribution in [3.8, 4) is 0 Å². The first-order valence-corrected chi connectivity index (χ1v) is 11.4. The van der Waals surface area contributed by atoms with Crippen molar-refractivity contribution in [2.45, 2.75) is 0 Å². The number of carboxylic acid groups (broad SMARTS) is 2. The smallest absolute Gasteiger partial charge is 0.328 e. The molecule has 0 bridgehead atoms. The largest absolute Gasteiger partial charge is 0.478 e. The molecule has 192 valence electrons. The first-order chi connectivity index (χ1) is 17.7. The molecule has 2 aromatic carbocycles. The van der Waals surface area contributed by atoms with Crippen molar-refractivity contribution in [3.05, 3.63) is 71.6 Å². The average molecular weight is 509 g/mol. The monoisotopic (exact) mass is 509 g/mol. The number of imide groups is 1. The van der Waals surface area contributed by atoms with E-state index in [9.17, 15) is 23.6 Å². The van der Waals surface area contributed by atoms with E-state index in [0.717, 1.165) is 49.0 Å². The molecule has 0 aliphatic carbocycles. The summed E-state index contributed by atoms with van der Waals surface area (Å²) in [5.74, 6) is -2.81. The van der Waals surface area contributed by atoms with Crippen molar-refractivity contribution in [2.24, 2.45) is 0 Å². The van der Waals surface area contributed by atoms with Crippen LogP contribution in [0.4, 0.5) is 10.2 Å². The zero-order valence-electron chi connectivity index (χ0n) is 19.6. The van der Waals surface area contributed by atoms with Gasteiger partial charge in [-0.3, -0.25) is 24.5 Å². The molecule has 11 nitrogen and oxygen atoms in total. The lowest BCUT2D eigenvalue weighted by atomic mass is 10.1. The van der Waals surface area contributed by atoms with E-state index in [1.54, 1.807) is 0 Å². The van der Waals surface area contributed by atoms with Gasteiger partial charge >= 0.3 is 11.9 Å². The number of para-hydroxylation sites is 1. The highest BCUT2D eigenvalue weighted by atomic mass is 19.1. The summed E-state index contributed by atoms with van der Waals surface area (Å²) in [6.07, 6.45) is 1.12. The van der Waals surface area contributed by atoms with E-state index in [2.05, 4.69) is 26.1 Å². The fraction of sp³-hybridized carbons (Fsp3) is 0.240. The number of carbonyl (C=O) groups excluding carboxylic acids is 2. The number of rotatable bonds is 6. The number of anilines is 1. The number of halogens is 1. The van der Waals surface area contributed by atoms with Crippen LogP contribution in [0.3, 0.4) is 0 Å². The minimum atomic E-state index is -1.26. The Bertz CT molecular complexity index is 1360. The number of piperazine rings is 1. The van der Waals surface area contributed by atoms with Gasteiger partial charge < -0.3 is 15.1 Å². The van der Waals surface area contributed by atoms with Gasteiger partial charge in [0.25, 0.3) is 11.8 Å². The topological polar surface area (TPSA) is 147 Å². The summed E-state index contributed by atoms with van der Waals surface area (Å²) >= 11 is 0. The van der Waals surface area contributed by atoms with E-state index in [-0.39, 0.29) is 17.0 Å². The van der Waals surface area contributed by atoms with E-state index in [4.69, 9.17) is 10.2 Å². The maximum absolute atomic E-state index is 13.4. The summed E-state index contributed by atoms with van der Waals surface area (Å²) in [6, 6.07) is 11.8. The normalized spacial score (nSPS) is 15.7. The molecule has 3 heterocycles. The van der Waals surface area contributed by atoms with Gasteiger partial charge in [-0.25, -0.2) is 14.0 Å². The predicted molar refractivity (Wildman–Crippen MR) is 131 cm³/mol. The van der Waals surface area contributed by atoms with Crippen LogP contribution in [0.15, 0.2) is 54.6 Å². The molecule has 0 radical (unpaired) electrons. The predicted octanol–water partition coefficient (Wildman–Crippen LogP) is 1.83. The van der Waals surface area contributed by atoms with E-state index in [1.807, 2.05) is 18.2 Å².